The highest BCUT2D eigenvalue weighted by Crippen LogP contribution is 2.37. The van der Waals surface area contributed by atoms with E-state index in [2.05, 4.69) is 22.8 Å². The van der Waals surface area contributed by atoms with E-state index in [4.69, 9.17) is 5.73 Å². The predicted molar refractivity (Wildman–Crippen MR) is 76.8 cm³/mol. The summed E-state index contributed by atoms with van der Waals surface area (Å²) in [6, 6.07) is 8.96. The summed E-state index contributed by atoms with van der Waals surface area (Å²) in [5.74, 6) is 0.152. The van der Waals surface area contributed by atoms with Crippen molar-refractivity contribution in [1.82, 2.24) is 10.6 Å². The zero-order valence-corrected chi connectivity index (χ0v) is 11.6. The van der Waals surface area contributed by atoms with Crippen LogP contribution >= 0.6 is 0 Å². The van der Waals surface area contributed by atoms with E-state index in [9.17, 15) is 9.59 Å². The first kappa shape index (κ1) is 14.5. The van der Waals surface area contributed by atoms with E-state index in [-0.39, 0.29) is 6.04 Å². The molecule has 2 rings (SSSR count). The number of primary amides is 1. The summed E-state index contributed by atoms with van der Waals surface area (Å²) in [6.07, 6.45) is 3.56. The molecule has 0 bridgehead atoms. The molecule has 0 saturated heterocycles. The van der Waals surface area contributed by atoms with Crippen LogP contribution in [0.15, 0.2) is 30.3 Å². The van der Waals surface area contributed by atoms with Gasteiger partial charge in [0.15, 0.2) is 0 Å². The predicted octanol–water partition coefficient (Wildman–Crippen LogP) is 1.70. The first-order valence-electron chi connectivity index (χ1n) is 6.99. The number of hydrogen-bond acceptors (Lipinski definition) is 3. The maximum atomic E-state index is 11.8. The number of nitrogens with one attached hydrogen (secondary N) is 2. The van der Waals surface area contributed by atoms with Gasteiger partial charge in [-0.1, -0.05) is 36.8 Å². The van der Waals surface area contributed by atoms with Crippen LogP contribution in [-0.2, 0) is 4.79 Å². The lowest BCUT2D eigenvalue weighted by molar-refractivity contribution is -0.122. The lowest BCUT2D eigenvalue weighted by Gasteiger charge is -2.36. The minimum Gasteiger partial charge on any atom is -0.351 e. The van der Waals surface area contributed by atoms with Gasteiger partial charge in [-0.15, -0.1) is 0 Å². The van der Waals surface area contributed by atoms with Gasteiger partial charge in [-0.05, 0) is 31.2 Å². The van der Waals surface area contributed by atoms with Crippen molar-refractivity contribution in [3.05, 3.63) is 35.9 Å². The van der Waals surface area contributed by atoms with Crippen LogP contribution in [0.25, 0.3) is 0 Å². The van der Waals surface area contributed by atoms with Crippen molar-refractivity contribution >= 4 is 11.9 Å². The number of amides is 3. The van der Waals surface area contributed by atoms with Crippen molar-refractivity contribution in [2.24, 2.45) is 11.7 Å². The molecule has 0 unspecified atom stereocenters. The van der Waals surface area contributed by atoms with Gasteiger partial charge in [0.05, 0.1) is 6.04 Å². The highest BCUT2D eigenvalue weighted by molar-refractivity contribution is 5.96. The zero-order valence-electron chi connectivity index (χ0n) is 11.6. The fourth-order valence-electron chi connectivity index (χ4n) is 2.51. The third-order valence-electron chi connectivity index (χ3n) is 3.85. The molecule has 4 N–H and O–H groups in total. The summed E-state index contributed by atoms with van der Waals surface area (Å²) >= 11 is 0. The summed E-state index contributed by atoms with van der Waals surface area (Å²) < 4.78 is 0. The molecule has 1 aliphatic rings. The number of imide groups is 1. The molecule has 1 aromatic carbocycles. The third kappa shape index (κ3) is 3.57. The van der Waals surface area contributed by atoms with Crippen LogP contribution in [0.4, 0.5) is 4.79 Å². The molecule has 0 aliphatic heterocycles. The van der Waals surface area contributed by atoms with Gasteiger partial charge in [-0.25, -0.2) is 4.79 Å². The Labute approximate surface area is 118 Å². The standard InChI is InChI=1S/C15H21N3O2/c1-10(14(19)18-15(16)20)17-13(12-8-5-9-12)11-6-3-2-4-7-11/h2-4,6-7,10,12-13,17H,5,8-9H2,1H3,(H3,16,18,19,20)/t10-,13-/m0/s1. The fourth-order valence-corrected chi connectivity index (χ4v) is 2.51. The molecule has 1 saturated carbocycles. The Morgan fingerprint density at radius 2 is 1.90 bits per heavy atom. The van der Waals surface area contributed by atoms with Crippen LogP contribution in [0, 0.1) is 5.92 Å². The van der Waals surface area contributed by atoms with Crippen molar-refractivity contribution in [2.45, 2.75) is 38.3 Å². The van der Waals surface area contributed by atoms with Crippen LogP contribution in [0.3, 0.4) is 0 Å². The van der Waals surface area contributed by atoms with Crippen LogP contribution < -0.4 is 16.4 Å². The quantitative estimate of drug-likeness (QED) is 0.764. The Kier molecular flexibility index (Phi) is 4.74. The third-order valence-corrected chi connectivity index (χ3v) is 3.85. The molecule has 0 spiro atoms. The summed E-state index contributed by atoms with van der Waals surface area (Å²) in [6.45, 7) is 1.74. The second-order valence-electron chi connectivity index (χ2n) is 5.32. The molecule has 3 amide bonds. The first-order valence-corrected chi connectivity index (χ1v) is 6.99. The number of rotatable bonds is 5. The van der Waals surface area contributed by atoms with Crippen LogP contribution in [0.1, 0.15) is 37.8 Å². The molecule has 2 atom stereocenters. The molecule has 0 heterocycles. The second-order valence-corrected chi connectivity index (χ2v) is 5.32. The van der Waals surface area contributed by atoms with Gasteiger partial charge < -0.3 is 5.73 Å². The lowest BCUT2D eigenvalue weighted by atomic mass is 9.77. The normalized spacial score (nSPS) is 17.9. The van der Waals surface area contributed by atoms with Gasteiger partial charge >= 0.3 is 6.03 Å². The van der Waals surface area contributed by atoms with E-state index < -0.39 is 18.0 Å². The summed E-state index contributed by atoms with van der Waals surface area (Å²) in [7, 11) is 0. The van der Waals surface area contributed by atoms with Crippen LogP contribution in [0.5, 0.6) is 0 Å². The van der Waals surface area contributed by atoms with Gasteiger partial charge in [0, 0.05) is 6.04 Å². The molecular weight excluding hydrogens is 254 g/mol. The highest BCUT2D eigenvalue weighted by Gasteiger charge is 2.30. The van der Waals surface area contributed by atoms with Gasteiger partial charge in [0.1, 0.15) is 0 Å². The molecule has 5 nitrogen and oxygen atoms in total. The lowest BCUT2D eigenvalue weighted by Crippen LogP contribution is -2.49. The number of hydrogen-bond donors (Lipinski definition) is 3. The van der Waals surface area contributed by atoms with E-state index in [0.717, 1.165) is 12.8 Å². The summed E-state index contributed by atoms with van der Waals surface area (Å²) in [5.41, 5.74) is 6.15. The van der Waals surface area contributed by atoms with E-state index in [1.165, 1.54) is 12.0 Å². The Morgan fingerprint density at radius 3 is 2.40 bits per heavy atom. The maximum absolute atomic E-state index is 11.8. The molecule has 5 heteroatoms. The molecule has 0 aromatic heterocycles. The maximum Gasteiger partial charge on any atom is 0.318 e. The molecule has 108 valence electrons. The SMILES string of the molecule is C[C@H](N[C@@H](c1ccccc1)C1CCC1)C(=O)NC(N)=O. The Morgan fingerprint density at radius 1 is 1.25 bits per heavy atom. The largest absolute Gasteiger partial charge is 0.351 e. The number of nitrogens with two attached hydrogens (primary N) is 1. The monoisotopic (exact) mass is 275 g/mol. The molecule has 1 fully saturated rings. The minimum absolute atomic E-state index is 0.138. The van der Waals surface area contributed by atoms with Gasteiger partial charge in [0.25, 0.3) is 0 Å². The first-order chi connectivity index (χ1) is 9.58. The van der Waals surface area contributed by atoms with Crippen molar-refractivity contribution < 1.29 is 9.59 Å². The highest BCUT2D eigenvalue weighted by atomic mass is 16.2. The number of carbonyl (C=O) groups excluding carboxylic acids is 2. The van der Waals surface area contributed by atoms with Crippen molar-refractivity contribution in [2.75, 3.05) is 0 Å². The molecule has 0 radical (unpaired) electrons. The molecule has 1 aliphatic carbocycles. The Hall–Kier alpha value is -1.88. The van der Waals surface area contributed by atoms with E-state index in [1.54, 1.807) is 6.92 Å². The Balaban J connectivity index is 2.04. The van der Waals surface area contributed by atoms with E-state index in [1.807, 2.05) is 18.2 Å². The molecular formula is C15H21N3O2. The van der Waals surface area contributed by atoms with Crippen LogP contribution in [0.2, 0.25) is 0 Å². The molecule has 20 heavy (non-hydrogen) atoms. The van der Waals surface area contributed by atoms with Crippen molar-refractivity contribution in [3.63, 3.8) is 0 Å². The molecule has 1 aromatic rings. The minimum atomic E-state index is -0.816. The van der Waals surface area contributed by atoms with E-state index >= 15 is 0 Å². The second kappa shape index (κ2) is 6.52. The van der Waals surface area contributed by atoms with Gasteiger partial charge in [-0.3, -0.25) is 15.4 Å². The number of urea groups is 1. The van der Waals surface area contributed by atoms with E-state index in [0.29, 0.717) is 5.92 Å². The van der Waals surface area contributed by atoms with Gasteiger partial charge in [-0.2, -0.15) is 0 Å². The Bertz CT molecular complexity index is 471. The number of carbonyl (C=O) groups is 2. The van der Waals surface area contributed by atoms with Crippen LogP contribution in [-0.4, -0.2) is 18.0 Å². The zero-order chi connectivity index (χ0) is 14.5. The average Bonchev–Trinajstić information content (AvgIpc) is 2.36. The average molecular weight is 275 g/mol. The number of benzene rings is 1. The van der Waals surface area contributed by atoms with Crippen molar-refractivity contribution in [1.29, 1.82) is 0 Å². The van der Waals surface area contributed by atoms with Gasteiger partial charge in [0.2, 0.25) is 5.91 Å². The smallest absolute Gasteiger partial charge is 0.318 e. The fraction of sp³-hybridized carbons (Fsp3) is 0.467. The topological polar surface area (TPSA) is 84.2 Å². The summed E-state index contributed by atoms with van der Waals surface area (Å²) in [4.78, 5) is 22.5. The van der Waals surface area contributed by atoms with Crippen molar-refractivity contribution in [3.8, 4) is 0 Å². The summed E-state index contributed by atoms with van der Waals surface area (Å²) in [5, 5.41) is 5.43.